The van der Waals surface area contributed by atoms with Gasteiger partial charge in [0.1, 0.15) is 0 Å². The van der Waals surface area contributed by atoms with E-state index < -0.39 is 0 Å². The normalized spacial score (nSPS) is 10.2. The van der Waals surface area contributed by atoms with Crippen LogP contribution in [0.2, 0.25) is 0 Å². The van der Waals surface area contributed by atoms with Gasteiger partial charge in [0.2, 0.25) is 5.95 Å². The minimum Gasteiger partial charge on any atom is -0.383 e. The van der Waals surface area contributed by atoms with Crippen LogP contribution in [-0.4, -0.2) is 42.7 Å². The molecule has 0 atom stereocenters. The SMILES string of the molecule is CCCCCNC(=O)c1cnc(NCCOC)nc1. The van der Waals surface area contributed by atoms with Gasteiger partial charge in [-0.2, -0.15) is 0 Å². The fourth-order valence-electron chi connectivity index (χ4n) is 1.48. The molecule has 0 aliphatic heterocycles. The minimum absolute atomic E-state index is 0.125. The second-order valence-electron chi connectivity index (χ2n) is 4.18. The molecule has 1 aromatic rings. The first kappa shape index (κ1) is 15.4. The van der Waals surface area contributed by atoms with Gasteiger partial charge in [0, 0.05) is 32.6 Å². The number of hydrogen-bond donors (Lipinski definition) is 2. The van der Waals surface area contributed by atoms with E-state index in [2.05, 4.69) is 27.5 Å². The highest BCUT2D eigenvalue weighted by atomic mass is 16.5. The van der Waals surface area contributed by atoms with Crippen molar-refractivity contribution in [2.24, 2.45) is 0 Å². The average molecular weight is 266 g/mol. The van der Waals surface area contributed by atoms with Gasteiger partial charge in [-0.05, 0) is 6.42 Å². The topological polar surface area (TPSA) is 76.1 Å². The lowest BCUT2D eigenvalue weighted by molar-refractivity contribution is 0.0952. The zero-order valence-electron chi connectivity index (χ0n) is 11.6. The van der Waals surface area contributed by atoms with Crippen molar-refractivity contribution in [2.45, 2.75) is 26.2 Å². The number of methoxy groups -OCH3 is 1. The molecule has 6 nitrogen and oxygen atoms in total. The molecule has 1 rings (SSSR count). The van der Waals surface area contributed by atoms with Gasteiger partial charge in [-0.25, -0.2) is 9.97 Å². The van der Waals surface area contributed by atoms with E-state index in [9.17, 15) is 4.79 Å². The molecule has 1 heterocycles. The molecule has 0 bridgehead atoms. The van der Waals surface area contributed by atoms with Crippen LogP contribution in [0.3, 0.4) is 0 Å². The number of hydrogen-bond acceptors (Lipinski definition) is 5. The van der Waals surface area contributed by atoms with Crippen molar-refractivity contribution in [1.82, 2.24) is 15.3 Å². The van der Waals surface area contributed by atoms with Gasteiger partial charge in [0.25, 0.3) is 5.91 Å². The van der Waals surface area contributed by atoms with Crippen molar-refractivity contribution in [3.8, 4) is 0 Å². The zero-order valence-corrected chi connectivity index (χ0v) is 11.6. The van der Waals surface area contributed by atoms with Crippen molar-refractivity contribution in [3.05, 3.63) is 18.0 Å². The first-order valence-electron chi connectivity index (χ1n) is 6.61. The fraction of sp³-hybridized carbons (Fsp3) is 0.615. The monoisotopic (exact) mass is 266 g/mol. The minimum atomic E-state index is -0.125. The van der Waals surface area contributed by atoms with E-state index >= 15 is 0 Å². The smallest absolute Gasteiger partial charge is 0.254 e. The molecular weight excluding hydrogens is 244 g/mol. The second-order valence-corrected chi connectivity index (χ2v) is 4.18. The molecule has 0 aromatic carbocycles. The Morgan fingerprint density at radius 2 is 2.00 bits per heavy atom. The lowest BCUT2D eigenvalue weighted by Crippen LogP contribution is -2.24. The van der Waals surface area contributed by atoms with Gasteiger partial charge in [0.05, 0.1) is 12.2 Å². The predicted molar refractivity (Wildman–Crippen MR) is 74.3 cm³/mol. The molecule has 0 saturated carbocycles. The Labute approximate surface area is 114 Å². The van der Waals surface area contributed by atoms with E-state index in [1.54, 1.807) is 7.11 Å². The van der Waals surface area contributed by atoms with Crippen LogP contribution >= 0.6 is 0 Å². The summed E-state index contributed by atoms with van der Waals surface area (Å²) in [5.74, 6) is 0.374. The van der Waals surface area contributed by atoms with Crippen molar-refractivity contribution in [3.63, 3.8) is 0 Å². The van der Waals surface area contributed by atoms with E-state index in [4.69, 9.17) is 4.74 Å². The molecule has 19 heavy (non-hydrogen) atoms. The maximum absolute atomic E-state index is 11.7. The molecule has 6 heteroatoms. The number of rotatable bonds is 9. The Bertz CT molecular complexity index is 367. The Kier molecular flexibility index (Phi) is 7.50. The number of nitrogens with zero attached hydrogens (tertiary/aromatic N) is 2. The van der Waals surface area contributed by atoms with Crippen molar-refractivity contribution in [1.29, 1.82) is 0 Å². The summed E-state index contributed by atoms with van der Waals surface area (Å²) >= 11 is 0. The van der Waals surface area contributed by atoms with Crippen LogP contribution in [0.25, 0.3) is 0 Å². The summed E-state index contributed by atoms with van der Waals surface area (Å²) < 4.78 is 4.91. The highest BCUT2D eigenvalue weighted by Crippen LogP contribution is 2.00. The number of ether oxygens (including phenoxy) is 1. The van der Waals surface area contributed by atoms with Gasteiger partial charge < -0.3 is 15.4 Å². The van der Waals surface area contributed by atoms with Crippen LogP contribution < -0.4 is 10.6 Å². The average Bonchev–Trinajstić information content (AvgIpc) is 2.44. The number of nitrogens with one attached hydrogen (secondary N) is 2. The van der Waals surface area contributed by atoms with Crippen LogP contribution in [-0.2, 0) is 4.74 Å². The number of carbonyl (C=O) groups excluding carboxylic acids is 1. The summed E-state index contributed by atoms with van der Waals surface area (Å²) in [6, 6.07) is 0. The Hall–Kier alpha value is -1.69. The molecule has 0 fully saturated rings. The van der Waals surface area contributed by atoms with Gasteiger partial charge in [-0.15, -0.1) is 0 Å². The van der Waals surface area contributed by atoms with E-state index in [-0.39, 0.29) is 5.91 Å². The second kappa shape index (κ2) is 9.27. The predicted octanol–water partition coefficient (Wildman–Crippen LogP) is 1.45. The molecule has 0 aliphatic carbocycles. The standard InChI is InChI=1S/C13H22N4O2/c1-3-4-5-6-14-12(18)11-9-16-13(17-10-11)15-7-8-19-2/h9-10H,3-8H2,1-2H3,(H,14,18)(H,15,16,17). The van der Waals surface area contributed by atoms with Crippen LogP contribution in [0.1, 0.15) is 36.5 Å². The van der Waals surface area contributed by atoms with Gasteiger partial charge in [0.15, 0.2) is 0 Å². The first-order chi connectivity index (χ1) is 9.27. The highest BCUT2D eigenvalue weighted by molar-refractivity contribution is 5.93. The van der Waals surface area contributed by atoms with Crippen LogP contribution in [0.4, 0.5) is 5.95 Å². The Morgan fingerprint density at radius 1 is 1.26 bits per heavy atom. The lowest BCUT2D eigenvalue weighted by Gasteiger charge is -2.06. The summed E-state index contributed by atoms with van der Waals surface area (Å²) in [6.45, 7) is 4.05. The van der Waals surface area contributed by atoms with Crippen molar-refractivity contribution < 1.29 is 9.53 Å². The molecule has 0 aliphatic rings. The van der Waals surface area contributed by atoms with E-state index in [1.165, 1.54) is 12.4 Å². The van der Waals surface area contributed by atoms with Crippen molar-refractivity contribution >= 4 is 11.9 Å². The molecule has 106 valence electrons. The molecule has 0 spiro atoms. The van der Waals surface area contributed by atoms with E-state index in [1.807, 2.05) is 0 Å². The molecule has 0 radical (unpaired) electrons. The van der Waals surface area contributed by atoms with E-state index in [0.717, 1.165) is 19.3 Å². The third kappa shape index (κ3) is 6.15. The zero-order chi connectivity index (χ0) is 13.9. The van der Waals surface area contributed by atoms with E-state index in [0.29, 0.717) is 31.2 Å². The fourth-order valence-corrected chi connectivity index (χ4v) is 1.48. The van der Waals surface area contributed by atoms with Gasteiger partial charge in [-0.3, -0.25) is 4.79 Å². The number of aromatic nitrogens is 2. The number of anilines is 1. The van der Waals surface area contributed by atoms with Crippen LogP contribution in [0, 0.1) is 0 Å². The number of unbranched alkanes of at least 4 members (excludes halogenated alkanes) is 2. The molecule has 1 amide bonds. The molecule has 0 unspecified atom stereocenters. The van der Waals surface area contributed by atoms with Gasteiger partial charge >= 0.3 is 0 Å². The van der Waals surface area contributed by atoms with Gasteiger partial charge in [-0.1, -0.05) is 19.8 Å². The lowest BCUT2D eigenvalue weighted by atomic mass is 10.2. The maximum Gasteiger partial charge on any atom is 0.254 e. The largest absolute Gasteiger partial charge is 0.383 e. The maximum atomic E-state index is 11.7. The highest BCUT2D eigenvalue weighted by Gasteiger charge is 2.06. The first-order valence-corrected chi connectivity index (χ1v) is 6.61. The third-order valence-corrected chi connectivity index (χ3v) is 2.57. The third-order valence-electron chi connectivity index (χ3n) is 2.57. The molecule has 1 aromatic heterocycles. The Morgan fingerprint density at radius 3 is 2.63 bits per heavy atom. The number of carbonyl (C=O) groups is 1. The summed E-state index contributed by atoms with van der Waals surface area (Å²) in [4.78, 5) is 19.9. The molecule has 2 N–H and O–H groups in total. The summed E-state index contributed by atoms with van der Waals surface area (Å²) in [6.07, 6.45) is 6.31. The summed E-state index contributed by atoms with van der Waals surface area (Å²) in [5.41, 5.74) is 0.480. The molecule has 0 saturated heterocycles. The Balaban J connectivity index is 2.35. The van der Waals surface area contributed by atoms with Crippen LogP contribution in [0.5, 0.6) is 0 Å². The van der Waals surface area contributed by atoms with Crippen LogP contribution in [0.15, 0.2) is 12.4 Å². The molecular formula is C13H22N4O2. The summed E-state index contributed by atoms with van der Waals surface area (Å²) in [5, 5.41) is 5.84. The number of amides is 1. The summed E-state index contributed by atoms with van der Waals surface area (Å²) in [7, 11) is 1.63. The quantitative estimate of drug-likeness (QED) is 0.662. The van der Waals surface area contributed by atoms with Crippen molar-refractivity contribution in [2.75, 3.05) is 32.1 Å².